The molecule has 0 saturated carbocycles. The van der Waals surface area contributed by atoms with Crippen molar-refractivity contribution in [2.75, 3.05) is 45.8 Å². The minimum absolute atomic E-state index is 0.0298. The van der Waals surface area contributed by atoms with E-state index in [9.17, 15) is 9.59 Å². The van der Waals surface area contributed by atoms with Gasteiger partial charge in [0, 0.05) is 30.2 Å². The molecule has 1 aliphatic heterocycles. The minimum Gasteiger partial charge on any atom is -0.355 e. The number of nitrogens with zero attached hydrogens (tertiary/aromatic N) is 7. The molecular formula is C27H34ClN9O3. The van der Waals surface area contributed by atoms with Crippen molar-refractivity contribution in [1.82, 2.24) is 45.6 Å². The summed E-state index contributed by atoms with van der Waals surface area (Å²) in [6.45, 7) is 4.22. The lowest BCUT2D eigenvalue weighted by Gasteiger charge is -2.23. The van der Waals surface area contributed by atoms with Crippen molar-refractivity contribution < 1.29 is 14.1 Å². The van der Waals surface area contributed by atoms with Gasteiger partial charge in [0.05, 0.1) is 31.5 Å². The van der Waals surface area contributed by atoms with Gasteiger partial charge in [-0.05, 0) is 63.0 Å². The summed E-state index contributed by atoms with van der Waals surface area (Å²) >= 11 is 5.95. The van der Waals surface area contributed by atoms with Gasteiger partial charge < -0.3 is 15.2 Å². The predicted octanol–water partition coefficient (Wildman–Crippen LogP) is 1.57. The monoisotopic (exact) mass is 567 g/mol. The smallest absolute Gasteiger partial charge is 0.248 e. The van der Waals surface area contributed by atoms with Crippen LogP contribution >= 0.6 is 11.6 Å². The predicted molar refractivity (Wildman–Crippen MR) is 149 cm³/mol. The van der Waals surface area contributed by atoms with E-state index >= 15 is 0 Å². The van der Waals surface area contributed by atoms with Crippen LogP contribution in [-0.2, 0) is 22.7 Å². The summed E-state index contributed by atoms with van der Waals surface area (Å²) < 4.78 is 7.02. The second-order valence-electron chi connectivity index (χ2n) is 9.67. The molecule has 0 spiro atoms. The van der Waals surface area contributed by atoms with Crippen LogP contribution in [0.2, 0.25) is 5.02 Å². The molecule has 3 heterocycles. The first-order valence-electron chi connectivity index (χ1n) is 13.4. The molecule has 1 aromatic carbocycles. The Morgan fingerprint density at radius 1 is 0.950 bits per heavy atom. The van der Waals surface area contributed by atoms with Crippen LogP contribution in [0.5, 0.6) is 0 Å². The van der Waals surface area contributed by atoms with Gasteiger partial charge >= 0.3 is 0 Å². The van der Waals surface area contributed by atoms with Crippen LogP contribution in [-0.4, -0.2) is 92.6 Å². The highest BCUT2D eigenvalue weighted by atomic mass is 35.5. The van der Waals surface area contributed by atoms with E-state index in [0.717, 1.165) is 36.9 Å². The zero-order chi connectivity index (χ0) is 28.2. The van der Waals surface area contributed by atoms with E-state index in [0.29, 0.717) is 56.0 Å². The summed E-state index contributed by atoms with van der Waals surface area (Å²) in [5.41, 5.74) is 1.53. The molecule has 0 atom stereocenters. The van der Waals surface area contributed by atoms with Crippen LogP contribution < -0.4 is 10.6 Å². The first kappa shape index (κ1) is 29.2. The van der Waals surface area contributed by atoms with Gasteiger partial charge in [0.15, 0.2) is 0 Å². The molecule has 212 valence electrons. The third-order valence-electron chi connectivity index (χ3n) is 6.34. The maximum atomic E-state index is 12.6. The van der Waals surface area contributed by atoms with Crippen molar-refractivity contribution in [2.45, 2.75) is 38.8 Å². The molecule has 13 heteroatoms. The Kier molecular flexibility index (Phi) is 11.0. The molecule has 4 rings (SSSR count). The van der Waals surface area contributed by atoms with E-state index in [1.165, 1.54) is 0 Å². The Morgan fingerprint density at radius 2 is 1.62 bits per heavy atom. The topological polar surface area (TPSA) is 134 Å². The van der Waals surface area contributed by atoms with E-state index in [1.54, 1.807) is 16.8 Å². The van der Waals surface area contributed by atoms with Gasteiger partial charge in [-0.15, -0.1) is 11.5 Å². The molecule has 12 nitrogen and oxygen atoms in total. The third kappa shape index (κ3) is 9.44. The fourth-order valence-corrected chi connectivity index (χ4v) is 4.47. The van der Waals surface area contributed by atoms with Gasteiger partial charge in [0.1, 0.15) is 6.54 Å². The van der Waals surface area contributed by atoms with Crippen LogP contribution in [0.25, 0.3) is 11.4 Å². The summed E-state index contributed by atoms with van der Waals surface area (Å²) in [7, 11) is 0. The van der Waals surface area contributed by atoms with E-state index in [4.69, 9.17) is 22.5 Å². The lowest BCUT2D eigenvalue weighted by molar-refractivity contribution is -0.123. The molecule has 2 amide bonds. The van der Waals surface area contributed by atoms with Crippen molar-refractivity contribution >= 4 is 23.4 Å². The van der Waals surface area contributed by atoms with Gasteiger partial charge in [0.25, 0.3) is 0 Å². The SMILES string of the molecule is C#CCN1CCCCN(Cc2cn(Cc3nc(-c4ccc(Cl)cc4)no3)nn2)CC(=O)NCCCCNC(=O)C1. The fourth-order valence-electron chi connectivity index (χ4n) is 4.34. The molecule has 0 unspecified atom stereocenters. The molecule has 1 fully saturated rings. The van der Waals surface area contributed by atoms with Crippen molar-refractivity contribution in [3.8, 4) is 23.7 Å². The van der Waals surface area contributed by atoms with E-state index in [1.807, 2.05) is 23.2 Å². The number of rotatable bonds is 6. The summed E-state index contributed by atoms with van der Waals surface area (Å²) in [5.74, 6) is 3.43. The summed E-state index contributed by atoms with van der Waals surface area (Å²) in [5, 5.41) is 19.1. The number of nitrogens with one attached hydrogen (secondary N) is 2. The van der Waals surface area contributed by atoms with Gasteiger partial charge in [-0.3, -0.25) is 19.4 Å². The average molecular weight is 568 g/mol. The van der Waals surface area contributed by atoms with Crippen LogP contribution in [0.15, 0.2) is 35.0 Å². The average Bonchev–Trinajstić information content (AvgIpc) is 3.58. The molecule has 0 radical (unpaired) electrons. The largest absolute Gasteiger partial charge is 0.355 e. The van der Waals surface area contributed by atoms with Crippen molar-refractivity contribution in [3.63, 3.8) is 0 Å². The fraction of sp³-hybridized carbons (Fsp3) is 0.481. The molecule has 40 heavy (non-hydrogen) atoms. The lowest BCUT2D eigenvalue weighted by atomic mass is 10.2. The highest BCUT2D eigenvalue weighted by Crippen LogP contribution is 2.19. The maximum Gasteiger partial charge on any atom is 0.248 e. The number of hydrogen-bond acceptors (Lipinski definition) is 9. The second-order valence-corrected chi connectivity index (χ2v) is 10.1. The summed E-state index contributed by atoms with van der Waals surface area (Å²) in [6, 6.07) is 7.19. The van der Waals surface area contributed by atoms with Gasteiger partial charge in [-0.25, -0.2) is 4.68 Å². The molecule has 2 aromatic heterocycles. The number of aromatic nitrogens is 5. The highest BCUT2D eigenvalue weighted by molar-refractivity contribution is 6.30. The standard InChI is InChI=1S/C27H34ClN9O3/c1-2-13-35-14-5-6-15-36(19-25(39)30-12-4-3-11-29-24(38)18-35)16-23-17-37(34-32-23)20-26-31-27(33-40-26)21-7-9-22(28)10-8-21/h1,7-10,17H,3-6,11-16,18-20H2,(H,29,38)(H,30,39). The number of terminal acetylenes is 1. The first-order valence-corrected chi connectivity index (χ1v) is 13.8. The van der Waals surface area contributed by atoms with Crippen LogP contribution in [0.4, 0.5) is 0 Å². The quantitative estimate of drug-likeness (QED) is 0.426. The molecule has 2 N–H and O–H groups in total. The van der Waals surface area contributed by atoms with Crippen LogP contribution in [0, 0.1) is 12.3 Å². The second kappa shape index (κ2) is 15.1. The Labute approximate surface area is 238 Å². The first-order chi connectivity index (χ1) is 19.5. The maximum absolute atomic E-state index is 12.6. The summed E-state index contributed by atoms with van der Waals surface area (Å²) in [6.07, 6.45) is 10.6. The molecular weight excluding hydrogens is 534 g/mol. The summed E-state index contributed by atoms with van der Waals surface area (Å²) in [4.78, 5) is 33.3. The molecule has 1 aliphatic rings. The normalized spacial score (nSPS) is 17.2. The third-order valence-corrected chi connectivity index (χ3v) is 6.59. The number of amides is 2. The highest BCUT2D eigenvalue weighted by Gasteiger charge is 2.16. The Hall–Kier alpha value is -3.79. The van der Waals surface area contributed by atoms with E-state index in [-0.39, 0.29) is 31.4 Å². The minimum atomic E-state index is -0.0435. The Bertz CT molecular complexity index is 1280. The van der Waals surface area contributed by atoms with Gasteiger partial charge in [-0.2, -0.15) is 4.98 Å². The molecule has 1 saturated heterocycles. The van der Waals surface area contributed by atoms with Crippen molar-refractivity contribution in [3.05, 3.63) is 47.1 Å². The van der Waals surface area contributed by atoms with Crippen LogP contribution in [0.1, 0.15) is 37.3 Å². The lowest BCUT2D eigenvalue weighted by Crippen LogP contribution is -2.40. The number of halogens is 1. The van der Waals surface area contributed by atoms with Gasteiger partial charge in [-0.1, -0.05) is 27.9 Å². The molecule has 0 aliphatic carbocycles. The number of carbonyl (C=O) groups is 2. The van der Waals surface area contributed by atoms with Gasteiger partial charge in [0.2, 0.25) is 23.5 Å². The Balaban J connectivity index is 1.35. The van der Waals surface area contributed by atoms with Crippen LogP contribution in [0.3, 0.4) is 0 Å². The van der Waals surface area contributed by atoms with Crippen molar-refractivity contribution in [2.24, 2.45) is 0 Å². The van der Waals surface area contributed by atoms with E-state index in [2.05, 4.69) is 41.9 Å². The zero-order valence-electron chi connectivity index (χ0n) is 22.4. The number of hydrogen-bond donors (Lipinski definition) is 2. The van der Waals surface area contributed by atoms with E-state index < -0.39 is 0 Å². The number of benzene rings is 1. The molecule has 3 aromatic rings. The van der Waals surface area contributed by atoms with Crippen molar-refractivity contribution in [1.29, 1.82) is 0 Å². The number of carbonyl (C=O) groups excluding carboxylic acids is 2. The molecule has 0 bridgehead atoms. The Morgan fingerprint density at radius 3 is 2.33 bits per heavy atom. The zero-order valence-corrected chi connectivity index (χ0v) is 23.1.